The fraction of sp³-hybridized carbons (Fsp3) is 0.381. The lowest BCUT2D eigenvalue weighted by Gasteiger charge is -2.27. The lowest BCUT2D eigenvalue weighted by molar-refractivity contribution is 0.116. The number of aliphatic hydroxyl groups is 1. The van der Waals surface area contributed by atoms with E-state index in [1.165, 1.54) is 18.4 Å². The number of nitrogens with one attached hydrogen (secondary N) is 1. The molecule has 1 aliphatic rings. The third-order valence-corrected chi connectivity index (χ3v) is 6.01. The van der Waals surface area contributed by atoms with Crippen LogP contribution < -0.4 is 14.8 Å². The van der Waals surface area contributed by atoms with Gasteiger partial charge in [-0.15, -0.1) is 0 Å². The van der Waals surface area contributed by atoms with Gasteiger partial charge in [0.25, 0.3) is 0 Å². The number of nitrogens with zero attached hydrogens (tertiary/aromatic N) is 1. The van der Waals surface area contributed by atoms with E-state index < -0.39 is 11.9 Å². The minimum Gasteiger partial charge on any atom is -0.494 e. The number of anilines is 1. The maximum atomic E-state index is 15.1. The minimum absolute atomic E-state index is 0.0582. The molecule has 1 aromatic heterocycles. The predicted molar refractivity (Wildman–Crippen MR) is 109 cm³/mol. The number of aliphatic hydroxyl groups excluding tert-OH is 1. The highest BCUT2D eigenvalue weighted by atomic mass is 32.1. The monoisotopic (exact) mass is 402 g/mol. The third kappa shape index (κ3) is 3.91. The maximum Gasteiger partial charge on any atom is 0.184 e. The Bertz CT molecular complexity index is 948. The van der Waals surface area contributed by atoms with Crippen molar-refractivity contribution in [3.8, 4) is 11.5 Å². The molecule has 0 saturated heterocycles. The summed E-state index contributed by atoms with van der Waals surface area (Å²) in [5.74, 6) is 0.163. The minimum atomic E-state index is -0.443. The maximum absolute atomic E-state index is 15.1. The Morgan fingerprint density at radius 2 is 2.00 bits per heavy atom. The molecule has 4 rings (SSSR count). The standard InChI is InChI=1S/C21H23FN2O3S/c1-26-17-11-16(27-12-13-7-3-2-4-8-13)18(22)20-19(17)24-21(28-20)23-14-9-5-6-10-15(14)25/h2-4,7-8,11,14-15,25H,5-6,9-10,12H2,1H3,(H,23,24)/t14-,15-/m0/s1. The Labute approximate surface area is 167 Å². The van der Waals surface area contributed by atoms with Crippen molar-refractivity contribution in [3.05, 3.63) is 47.8 Å². The highest BCUT2D eigenvalue weighted by Gasteiger charge is 2.25. The number of ether oxygens (including phenoxy) is 2. The summed E-state index contributed by atoms with van der Waals surface area (Å²) in [6, 6.07) is 11.1. The molecule has 1 aliphatic carbocycles. The van der Waals surface area contributed by atoms with Crippen LogP contribution in [0.5, 0.6) is 11.5 Å². The molecule has 2 N–H and O–H groups in total. The van der Waals surface area contributed by atoms with Crippen molar-refractivity contribution in [2.75, 3.05) is 12.4 Å². The zero-order chi connectivity index (χ0) is 19.5. The van der Waals surface area contributed by atoms with Crippen molar-refractivity contribution in [1.82, 2.24) is 4.98 Å². The fourth-order valence-electron chi connectivity index (χ4n) is 3.49. The molecule has 0 aliphatic heterocycles. The SMILES string of the molecule is COc1cc(OCc2ccccc2)c(F)c2sc(N[C@H]3CCCC[C@@H]3O)nc12. The van der Waals surface area contributed by atoms with E-state index in [9.17, 15) is 5.11 Å². The van der Waals surface area contributed by atoms with Crippen molar-refractivity contribution in [3.63, 3.8) is 0 Å². The van der Waals surface area contributed by atoms with Gasteiger partial charge in [-0.3, -0.25) is 0 Å². The third-order valence-electron chi connectivity index (χ3n) is 5.03. The van der Waals surface area contributed by atoms with Gasteiger partial charge in [0.1, 0.15) is 17.9 Å². The molecule has 0 amide bonds. The van der Waals surface area contributed by atoms with Crippen LogP contribution >= 0.6 is 11.3 Å². The number of fused-ring (bicyclic) bond motifs is 1. The van der Waals surface area contributed by atoms with E-state index in [1.807, 2.05) is 30.3 Å². The Balaban J connectivity index is 1.60. The molecule has 28 heavy (non-hydrogen) atoms. The van der Waals surface area contributed by atoms with E-state index in [1.54, 1.807) is 6.07 Å². The smallest absolute Gasteiger partial charge is 0.184 e. The van der Waals surface area contributed by atoms with Crippen LogP contribution in [0.4, 0.5) is 9.52 Å². The van der Waals surface area contributed by atoms with Crippen molar-refractivity contribution in [1.29, 1.82) is 0 Å². The molecule has 2 atom stereocenters. The van der Waals surface area contributed by atoms with Crippen molar-refractivity contribution < 1.29 is 19.0 Å². The number of benzene rings is 2. The molecule has 0 bridgehead atoms. The summed E-state index contributed by atoms with van der Waals surface area (Å²) in [4.78, 5) is 4.51. The van der Waals surface area contributed by atoms with E-state index in [2.05, 4.69) is 10.3 Å². The number of aromatic nitrogens is 1. The van der Waals surface area contributed by atoms with E-state index >= 15 is 4.39 Å². The average Bonchev–Trinajstić information content (AvgIpc) is 3.14. The molecule has 5 nitrogen and oxygen atoms in total. The topological polar surface area (TPSA) is 63.6 Å². The Kier molecular flexibility index (Phi) is 5.64. The summed E-state index contributed by atoms with van der Waals surface area (Å²) in [6.07, 6.45) is 3.34. The van der Waals surface area contributed by atoms with Gasteiger partial charge in [0.15, 0.2) is 16.7 Å². The lowest BCUT2D eigenvalue weighted by Crippen LogP contribution is -2.36. The first-order chi connectivity index (χ1) is 13.7. The van der Waals surface area contributed by atoms with Crippen LogP contribution in [0.2, 0.25) is 0 Å². The lowest BCUT2D eigenvalue weighted by atomic mass is 9.93. The second-order valence-electron chi connectivity index (χ2n) is 6.96. The normalized spacial score (nSPS) is 19.5. The molecular formula is C21H23FN2O3S. The van der Waals surface area contributed by atoms with E-state index in [0.29, 0.717) is 21.1 Å². The van der Waals surface area contributed by atoms with Gasteiger partial charge in [-0.1, -0.05) is 54.5 Å². The van der Waals surface area contributed by atoms with Gasteiger partial charge in [-0.2, -0.15) is 0 Å². The van der Waals surface area contributed by atoms with Gasteiger partial charge in [0.05, 0.1) is 24.0 Å². The largest absolute Gasteiger partial charge is 0.494 e. The summed E-state index contributed by atoms with van der Waals surface area (Å²) in [7, 11) is 1.53. The Morgan fingerprint density at radius 1 is 1.21 bits per heavy atom. The molecule has 7 heteroatoms. The number of hydrogen-bond donors (Lipinski definition) is 2. The zero-order valence-electron chi connectivity index (χ0n) is 15.7. The highest BCUT2D eigenvalue weighted by molar-refractivity contribution is 7.22. The van der Waals surface area contributed by atoms with Crippen molar-refractivity contribution >= 4 is 26.7 Å². The van der Waals surface area contributed by atoms with Gasteiger partial charge in [-0.05, 0) is 18.4 Å². The number of thiazole rings is 1. The molecule has 3 aromatic rings. The summed E-state index contributed by atoms with van der Waals surface area (Å²) in [6.45, 7) is 0.268. The summed E-state index contributed by atoms with van der Waals surface area (Å²) in [5.41, 5.74) is 1.42. The average molecular weight is 402 g/mol. The molecule has 1 saturated carbocycles. The molecule has 0 unspecified atom stereocenters. The molecule has 1 heterocycles. The number of methoxy groups -OCH3 is 1. The highest BCUT2D eigenvalue weighted by Crippen LogP contribution is 2.40. The number of hydrogen-bond acceptors (Lipinski definition) is 6. The van der Waals surface area contributed by atoms with Crippen LogP contribution in [0.15, 0.2) is 36.4 Å². The second-order valence-corrected chi connectivity index (χ2v) is 7.96. The van der Waals surface area contributed by atoms with Gasteiger partial charge in [-0.25, -0.2) is 9.37 Å². The molecule has 0 radical (unpaired) electrons. The molecule has 0 spiro atoms. The van der Waals surface area contributed by atoms with Crippen LogP contribution in [0, 0.1) is 5.82 Å². The first-order valence-corrected chi connectivity index (χ1v) is 10.3. The number of halogens is 1. The van der Waals surface area contributed by atoms with Gasteiger partial charge >= 0.3 is 0 Å². The van der Waals surface area contributed by atoms with Gasteiger partial charge < -0.3 is 19.9 Å². The van der Waals surface area contributed by atoms with Crippen molar-refractivity contribution in [2.45, 2.75) is 44.4 Å². The van der Waals surface area contributed by atoms with E-state index in [4.69, 9.17) is 9.47 Å². The molecule has 148 valence electrons. The predicted octanol–water partition coefficient (Wildman–Crippen LogP) is 4.74. The second kappa shape index (κ2) is 8.32. The van der Waals surface area contributed by atoms with Crippen LogP contribution in [0.3, 0.4) is 0 Å². The quantitative estimate of drug-likeness (QED) is 0.624. The fourth-order valence-corrected chi connectivity index (χ4v) is 4.47. The van der Waals surface area contributed by atoms with Crippen LogP contribution in [-0.2, 0) is 6.61 Å². The van der Waals surface area contributed by atoms with Gasteiger partial charge in [0.2, 0.25) is 0 Å². The molecule has 2 aromatic carbocycles. The number of rotatable bonds is 6. The van der Waals surface area contributed by atoms with Crippen LogP contribution in [0.1, 0.15) is 31.2 Å². The summed E-state index contributed by atoms with van der Waals surface area (Å²) < 4.78 is 26.6. The zero-order valence-corrected chi connectivity index (χ0v) is 16.5. The Morgan fingerprint density at radius 3 is 2.75 bits per heavy atom. The molecular weight excluding hydrogens is 379 g/mol. The van der Waals surface area contributed by atoms with E-state index in [0.717, 1.165) is 31.2 Å². The van der Waals surface area contributed by atoms with Gasteiger partial charge in [0, 0.05) is 6.07 Å². The Hall–Kier alpha value is -2.38. The van der Waals surface area contributed by atoms with Crippen LogP contribution in [-0.4, -0.2) is 29.3 Å². The van der Waals surface area contributed by atoms with E-state index in [-0.39, 0.29) is 18.4 Å². The first kappa shape index (κ1) is 19.0. The van der Waals surface area contributed by atoms with Crippen molar-refractivity contribution in [2.24, 2.45) is 0 Å². The van der Waals surface area contributed by atoms with Crippen LogP contribution in [0.25, 0.3) is 10.2 Å². The summed E-state index contributed by atoms with van der Waals surface area (Å²) >= 11 is 1.22. The summed E-state index contributed by atoms with van der Waals surface area (Å²) in [5, 5.41) is 14.0. The molecule has 1 fully saturated rings. The first-order valence-electron chi connectivity index (χ1n) is 9.44.